The second-order valence-corrected chi connectivity index (χ2v) is 6.32. The second-order valence-electron chi connectivity index (χ2n) is 5.22. The Labute approximate surface area is 117 Å². The Morgan fingerprint density at radius 3 is 2.84 bits per heavy atom. The number of carbonyl (C=O) groups is 2. The van der Waals surface area contributed by atoms with E-state index < -0.39 is 5.91 Å². The highest BCUT2D eigenvalue weighted by atomic mass is 32.1. The van der Waals surface area contributed by atoms with Crippen molar-refractivity contribution in [1.29, 1.82) is 0 Å². The highest BCUT2D eigenvalue weighted by Gasteiger charge is 2.27. The molecule has 2 rings (SSSR count). The standard InChI is InChI=1S/C14H20N2O2S/c1-3-4-11(17)16-14-12(13(15)18)9-7-8(2)5-6-10(9)19-14/h8H,3-7H2,1-2H3,(H2,15,18)(H,16,17). The zero-order chi connectivity index (χ0) is 14.0. The SMILES string of the molecule is CCCC(=O)Nc1sc2c(c1C(N)=O)CC(C)CC2. The van der Waals surface area contributed by atoms with Crippen LogP contribution < -0.4 is 11.1 Å². The van der Waals surface area contributed by atoms with Crippen LogP contribution in [0.4, 0.5) is 5.00 Å². The minimum absolute atomic E-state index is 0.0448. The van der Waals surface area contributed by atoms with E-state index in [1.165, 1.54) is 16.2 Å². The molecular formula is C14H20N2O2S. The molecule has 1 heterocycles. The van der Waals surface area contributed by atoms with Crippen molar-refractivity contribution in [3.05, 3.63) is 16.0 Å². The number of hydrogen-bond acceptors (Lipinski definition) is 3. The molecule has 3 N–H and O–H groups in total. The molecule has 1 aromatic heterocycles. The fourth-order valence-electron chi connectivity index (χ4n) is 2.52. The largest absolute Gasteiger partial charge is 0.365 e. The molecule has 0 aliphatic heterocycles. The van der Waals surface area contributed by atoms with Crippen molar-refractivity contribution < 1.29 is 9.59 Å². The predicted molar refractivity (Wildman–Crippen MR) is 77.6 cm³/mol. The van der Waals surface area contributed by atoms with Crippen LogP contribution >= 0.6 is 11.3 Å². The van der Waals surface area contributed by atoms with E-state index in [4.69, 9.17) is 5.73 Å². The summed E-state index contributed by atoms with van der Waals surface area (Å²) in [7, 11) is 0. The summed E-state index contributed by atoms with van der Waals surface area (Å²) in [6.45, 7) is 4.14. The maximum Gasteiger partial charge on any atom is 0.251 e. The molecule has 1 unspecified atom stereocenters. The Morgan fingerprint density at radius 2 is 2.21 bits per heavy atom. The third-order valence-corrected chi connectivity index (χ3v) is 4.69. The Balaban J connectivity index is 2.33. The van der Waals surface area contributed by atoms with Gasteiger partial charge in [0.25, 0.3) is 5.91 Å². The first-order valence-electron chi connectivity index (χ1n) is 6.77. The van der Waals surface area contributed by atoms with Crippen LogP contribution in [-0.2, 0) is 17.6 Å². The molecule has 4 nitrogen and oxygen atoms in total. The third-order valence-electron chi connectivity index (χ3n) is 3.48. The number of anilines is 1. The topological polar surface area (TPSA) is 72.2 Å². The third kappa shape index (κ3) is 2.97. The number of thiophene rings is 1. The Morgan fingerprint density at radius 1 is 1.47 bits per heavy atom. The number of carbonyl (C=O) groups excluding carboxylic acids is 2. The number of nitrogens with two attached hydrogens (primary N) is 1. The van der Waals surface area contributed by atoms with E-state index in [9.17, 15) is 9.59 Å². The first-order valence-corrected chi connectivity index (χ1v) is 7.58. The van der Waals surface area contributed by atoms with Crippen LogP contribution in [0.1, 0.15) is 53.9 Å². The number of nitrogens with one attached hydrogen (secondary N) is 1. The van der Waals surface area contributed by atoms with Crippen LogP contribution in [0.2, 0.25) is 0 Å². The zero-order valence-electron chi connectivity index (χ0n) is 11.4. The van der Waals surface area contributed by atoms with Gasteiger partial charge in [-0.05, 0) is 37.2 Å². The van der Waals surface area contributed by atoms with Gasteiger partial charge in [-0.3, -0.25) is 9.59 Å². The molecular weight excluding hydrogens is 260 g/mol. The van der Waals surface area contributed by atoms with E-state index in [0.29, 0.717) is 22.9 Å². The molecule has 0 aromatic carbocycles. The summed E-state index contributed by atoms with van der Waals surface area (Å²) in [6.07, 6.45) is 4.25. The van der Waals surface area contributed by atoms with E-state index in [-0.39, 0.29) is 5.91 Å². The lowest BCUT2D eigenvalue weighted by molar-refractivity contribution is -0.116. The van der Waals surface area contributed by atoms with Crippen LogP contribution in [0.3, 0.4) is 0 Å². The molecule has 0 saturated heterocycles. The van der Waals surface area contributed by atoms with Crippen molar-refractivity contribution in [3.63, 3.8) is 0 Å². The summed E-state index contributed by atoms with van der Waals surface area (Å²) in [4.78, 5) is 24.6. The average molecular weight is 280 g/mol. The summed E-state index contributed by atoms with van der Waals surface area (Å²) >= 11 is 1.51. The van der Waals surface area contributed by atoms with Gasteiger partial charge < -0.3 is 11.1 Å². The van der Waals surface area contributed by atoms with Gasteiger partial charge in [-0.1, -0.05) is 13.8 Å². The van der Waals surface area contributed by atoms with Crippen molar-refractivity contribution in [2.24, 2.45) is 11.7 Å². The van der Waals surface area contributed by atoms with Gasteiger partial charge in [0.1, 0.15) is 5.00 Å². The quantitative estimate of drug-likeness (QED) is 0.890. The van der Waals surface area contributed by atoms with Crippen molar-refractivity contribution >= 4 is 28.2 Å². The molecule has 0 spiro atoms. The van der Waals surface area contributed by atoms with E-state index in [2.05, 4.69) is 12.2 Å². The molecule has 1 atom stereocenters. The second kappa shape index (κ2) is 5.74. The minimum atomic E-state index is -0.432. The van der Waals surface area contributed by atoms with Gasteiger partial charge in [-0.25, -0.2) is 0 Å². The van der Waals surface area contributed by atoms with Crippen molar-refractivity contribution in [2.45, 2.75) is 46.0 Å². The van der Waals surface area contributed by atoms with Crippen molar-refractivity contribution in [1.82, 2.24) is 0 Å². The lowest BCUT2D eigenvalue weighted by Gasteiger charge is -2.18. The Hall–Kier alpha value is -1.36. The highest BCUT2D eigenvalue weighted by Crippen LogP contribution is 2.39. The number of amides is 2. The monoisotopic (exact) mass is 280 g/mol. The van der Waals surface area contributed by atoms with Gasteiger partial charge in [0.2, 0.25) is 5.91 Å². The van der Waals surface area contributed by atoms with Crippen molar-refractivity contribution in [3.8, 4) is 0 Å². The van der Waals surface area contributed by atoms with Crippen LogP contribution in [0.5, 0.6) is 0 Å². The molecule has 5 heteroatoms. The van der Waals surface area contributed by atoms with Gasteiger partial charge in [0.15, 0.2) is 0 Å². The van der Waals surface area contributed by atoms with Gasteiger partial charge in [0.05, 0.1) is 5.56 Å². The summed E-state index contributed by atoms with van der Waals surface area (Å²) in [6, 6.07) is 0. The lowest BCUT2D eigenvalue weighted by atomic mass is 9.87. The minimum Gasteiger partial charge on any atom is -0.365 e. The first kappa shape index (κ1) is 14.1. The molecule has 0 radical (unpaired) electrons. The van der Waals surface area contributed by atoms with Gasteiger partial charge >= 0.3 is 0 Å². The van der Waals surface area contributed by atoms with Crippen LogP contribution in [-0.4, -0.2) is 11.8 Å². The molecule has 104 valence electrons. The highest BCUT2D eigenvalue weighted by molar-refractivity contribution is 7.17. The maximum atomic E-state index is 11.7. The lowest BCUT2D eigenvalue weighted by Crippen LogP contribution is -2.19. The number of primary amides is 1. The molecule has 0 saturated carbocycles. The number of aryl methyl sites for hydroxylation is 1. The summed E-state index contributed by atoms with van der Waals surface area (Å²) in [5, 5.41) is 3.49. The fraction of sp³-hybridized carbons (Fsp3) is 0.571. The van der Waals surface area contributed by atoms with Gasteiger partial charge in [0, 0.05) is 11.3 Å². The normalized spacial score (nSPS) is 17.9. The summed E-state index contributed by atoms with van der Waals surface area (Å²) in [5.41, 5.74) is 7.09. The molecule has 19 heavy (non-hydrogen) atoms. The predicted octanol–water partition coefficient (Wildman–Crippen LogP) is 2.71. The molecule has 0 fully saturated rings. The number of fused-ring (bicyclic) bond motifs is 1. The summed E-state index contributed by atoms with van der Waals surface area (Å²) in [5.74, 6) is 0.0921. The van der Waals surface area contributed by atoms with E-state index in [0.717, 1.165) is 31.2 Å². The van der Waals surface area contributed by atoms with E-state index >= 15 is 0 Å². The Kier molecular flexibility index (Phi) is 4.24. The molecule has 1 aromatic rings. The van der Waals surface area contributed by atoms with Crippen LogP contribution in [0.15, 0.2) is 0 Å². The number of rotatable bonds is 4. The Bertz CT molecular complexity index is 508. The number of hydrogen-bond donors (Lipinski definition) is 2. The molecule has 2 amide bonds. The van der Waals surface area contributed by atoms with Gasteiger partial charge in [-0.2, -0.15) is 0 Å². The average Bonchev–Trinajstić information content (AvgIpc) is 2.66. The molecule has 0 bridgehead atoms. The smallest absolute Gasteiger partial charge is 0.251 e. The zero-order valence-corrected chi connectivity index (χ0v) is 12.2. The van der Waals surface area contributed by atoms with E-state index in [1.54, 1.807) is 0 Å². The maximum absolute atomic E-state index is 11.7. The fourth-order valence-corrected chi connectivity index (χ4v) is 3.79. The molecule has 1 aliphatic rings. The van der Waals surface area contributed by atoms with Crippen LogP contribution in [0, 0.1) is 5.92 Å². The van der Waals surface area contributed by atoms with Gasteiger partial charge in [-0.15, -0.1) is 11.3 Å². The van der Waals surface area contributed by atoms with Crippen LogP contribution in [0.25, 0.3) is 0 Å². The summed E-state index contributed by atoms with van der Waals surface area (Å²) < 4.78 is 0. The first-order chi connectivity index (χ1) is 9.02. The molecule has 1 aliphatic carbocycles. The van der Waals surface area contributed by atoms with E-state index in [1.807, 2.05) is 6.92 Å². The van der Waals surface area contributed by atoms with Crippen molar-refractivity contribution in [2.75, 3.05) is 5.32 Å².